The van der Waals surface area contributed by atoms with E-state index in [9.17, 15) is 4.79 Å². The molecule has 0 aliphatic rings. The lowest BCUT2D eigenvalue weighted by molar-refractivity contribution is 0.140. The van der Waals surface area contributed by atoms with Crippen LogP contribution in [0.5, 0.6) is 0 Å². The van der Waals surface area contributed by atoms with Crippen molar-refractivity contribution in [1.82, 2.24) is 14.7 Å². The Balaban J connectivity index is 2.22. The summed E-state index contributed by atoms with van der Waals surface area (Å²) < 4.78 is 6.70. The average Bonchev–Trinajstić information content (AvgIpc) is 2.75. The topological polar surface area (TPSA) is 55.6 Å². The Hall–Kier alpha value is -1.27. The number of fused-ring (bicyclic) bond motifs is 1. The molecule has 1 N–H and O–H groups in total. The summed E-state index contributed by atoms with van der Waals surface area (Å²) >= 11 is 7.37. The molecule has 0 aliphatic heterocycles. The van der Waals surface area contributed by atoms with Crippen molar-refractivity contribution < 1.29 is 9.53 Å². The predicted molar refractivity (Wildman–Crippen MR) is 57.3 cm³/mol. The number of rotatable bonds is 2. The molecular formula is C8H8ClN3O2S. The van der Waals surface area contributed by atoms with Crippen LogP contribution in [0.25, 0.3) is 4.96 Å². The van der Waals surface area contributed by atoms with Crippen molar-refractivity contribution in [3.8, 4) is 0 Å². The highest BCUT2D eigenvalue weighted by atomic mass is 35.5. The van der Waals surface area contributed by atoms with Gasteiger partial charge in [-0.2, -0.15) is 0 Å². The van der Waals surface area contributed by atoms with E-state index in [-0.39, 0.29) is 6.61 Å². The molecule has 0 radical (unpaired) electrons. The van der Waals surface area contributed by atoms with Gasteiger partial charge in [0.25, 0.3) is 0 Å². The SMILES string of the molecule is CNC(=O)OCc1c(Cl)nc2sccn12. The molecule has 1 amide bonds. The van der Waals surface area contributed by atoms with E-state index in [1.165, 1.54) is 18.4 Å². The Morgan fingerprint density at radius 2 is 2.60 bits per heavy atom. The van der Waals surface area contributed by atoms with E-state index in [0.29, 0.717) is 10.8 Å². The number of hydrogen-bond acceptors (Lipinski definition) is 4. The van der Waals surface area contributed by atoms with Crippen LogP contribution in [0.3, 0.4) is 0 Å². The van der Waals surface area contributed by atoms with E-state index in [1.54, 1.807) is 4.40 Å². The Morgan fingerprint density at radius 1 is 1.80 bits per heavy atom. The Bertz CT molecular complexity index is 493. The van der Waals surface area contributed by atoms with Gasteiger partial charge in [0.2, 0.25) is 0 Å². The number of alkyl carbamates (subject to hydrolysis) is 1. The van der Waals surface area contributed by atoms with Crippen LogP contribution in [0.2, 0.25) is 5.15 Å². The van der Waals surface area contributed by atoms with Crippen LogP contribution < -0.4 is 5.32 Å². The number of thiazole rings is 1. The van der Waals surface area contributed by atoms with Gasteiger partial charge in [-0.25, -0.2) is 9.78 Å². The third-order valence-corrected chi connectivity index (χ3v) is 2.92. The maximum atomic E-state index is 10.9. The van der Waals surface area contributed by atoms with Crippen LogP contribution in [-0.4, -0.2) is 22.5 Å². The summed E-state index contributed by atoms with van der Waals surface area (Å²) in [6, 6.07) is 0. The zero-order chi connectivity index (χ0) is 10.8. The first kappa shape index (κ1) is 10.3. The second-order valence-electron chi connectivity index (χ2n) is 2.73. The lowest BCUT2D eigenvalue weighted by Crippen LogP contribution is -2.19. The third kappa shape index (κ3) is 1.91. The second kappa shape index (κ2) is 4.08. The van der Waals surface area contributed by atoms with Gasteiger partial charge in [0.15, 0.2) is 10.1 Å². The highest BCUT2D eigenvalue weighted by Crippen LogP contribution is 2.21. The van der Waals surface area contributed by atoms with E-state index in [4.69, 9.17) is 16.3 Å². The van der Waals surface area contributed by atoms with Crippen molar-refractivity contribution >= 4 is 34.0 Å². The van der Waals surface area contributed by atoms with Gasteiger partial charge < -0.3 is 10.1 Å². The van der Waals surface area contributed by atoms with E-state index in [0.717, 1.165) is 4.96 Å². The van der Waals surface area contributed by atoms with Gasteiger partial charge in [0.1, 0.15) is 6.61 Å². The Morgan fingerprint density at radius 3 is 3.33 bits per heavy atom. The summed E-state index contributed by atoms with van der Waals surface area (Å²) in [6.07, 6.45) is 1.35. The number of hydrogen-bond donors (Lipinski definition) is 1. The first-order valence-electron chi connectivity index (χ1n) is 4.17. The molecule has 5 nitrogen and oxygen atoms in total. The normalized spacial score (nSPS) is 10.5. The molecule has 0 saturated carbocycles. The monoisotopic (exact) mass is 245 g/mol. The smallest absolute Gasteiger partial charge is 0.407 e. The summed E-state index contributed by atoms with van der Waals surface area (Å²) in [7, 11) is 1.50. The van der Waals surface area contributed by atoms with Crippen molar-refractivity contribution in [3.63, 3.8) is 0 Å². The van der Waals surface area contributed by atoms with E-state index >= 15 is 0 Å². The number of nitrogens with zero attached hydrogens (tertiary/aromatic N) is 2. The first-order valence-corrected chi connectivity index (χ1v) is 5.42. The van der Waals surface area contributed by atoms with E-state index in [2.05, 4.69) is 10.3 Å². The first-order chi connectivity index (χ1) is 7.22. The van der Waals surface area contributed by atoms with Gasteiger partial charge in [-0.3, -0.25) is 4.40 Å². The largest absolute Gasteiger partial charge is 0.443 e. The summed E-state index contributed by atoms with van der Waals surface area (Å²) in [5.74, 6) is 0. The van der Waals surface area contributed by atoms with Gasteiger partial charge in [-0.1, -0.05) is 11.6 Å². The molecule has 0 spiro atoms. The number of carbonyl (C=O) groups is 1. The number of imidazole rings is 1. The third-order valence-electron chi connectivity index (χ3n) is 1.86. The van der Waals surface area contributed by atoms with Gasteiger partial charge in [0, 0.05) is 18.6 Å². The molecule has 2 heterocycles. The molecule has 2 aromatic rings. The average molecular weight is 246 g/mol. The molecule has 0 aromatic carbocycles. The van der Waals surface area contributed by atoms with Crippen LogP contribution in [0.1, 0.15) is 5.69 Å². The molecule has 80 valence electrons. The fourth-order valence-corrected chi connectivity index (χ4v) is 2.15. The Kier molecular flexibility index (Phi) is 2.79. The molecule has 0 aliphatic carbocycles. The van der Waals surface area contributed by atoms with Crippen LogP contribution in [0.4, 0.5) is 4.79 Å². The standard InChI is InChI=1S/C8H8ClN3O2S/c1-10-8(13)14-4-5-6(9)11-7-12(5)2-3-15-7/h2-3H,4H2,1H3,(H,10,13). The molecule has 2 aromatic heterocycles. The van der Waals surface area contributed by atoms with E-state index in [1.807, 2.05) is 11.6 Å². The maximum Gasteiger partial charge on any atom is 0.407 e. The van der Waals surface area contributed by atoms with Crippen molar-refractivity contribution in [2.45, 2.75) is 6.61 Å². The van der Waals surface area contributed by atoms with Gasteiger partial charge >= 0.3 is 6.09 Å². The number of amides is 1. The molecule has 15 heavy (non-hydrogen) atoms. The van der Waals surface area contributed by atoms with Crippen molar-refractivity contribution in [3.05, 3.63) is 22.4 Å². The minimum atomic E-state index is -0.490. The minimum absolute atomic E-state index is 0.108. The van der Waals surface area contributed by atoms with Crippen LogP contribution in [0, 0.1) is 0 Å². The predicted octanol–water partition coefficient (Wildman–Crippen LogP) is 1.91. The minimum Gasteiger partial charge on any atom is -0.443 e. The number of aromatic nitrogens is 2. The van der Waals surface area contributed by atoms with Crippen molar-refractivity contribution in [2.75, 3.05) is 7.05 Å². The molecule has 0 bridgehead atoms. The molecule has 0 saturated heterocycles. The summed E-state index contributed by atoms with van der Waals surface area (Å²) in [5.41, 5.74) is 0.677. The second-order valence-corrected chi connectivity index (χ2v) is 3.96. The lowest BCUT2D eigenvalue weighted by atomic mass is 10.5. The Labute approximate surface area is 94.6 Å². The molecule has 2 rings (SSSR count). The lowest BCUT2D eigenvalue weighted by Gasteiger charge is -2.02. The highest BCUT2D eigenvalue weighted by Gasteiger charge is 2.12. The molecule has 0 unspecified atom stereocenters. The fraction of sp³-hybridized carbons (Fsp3) is 0.250. The van der Waals surface area contributed by atoms with Gasteiger partial charge in [-0.15, -0.1) is 11.3 Å². The maximum absolute atomic E-state index is 10.9. The zero-order valence-corrected chi connectivity index (χ0v) is 9.43. The number of ether oxygens (including phenoxy) is 1. The van der Waals surface area contributed by atoms with Crippen LogP contribution in [0.15, 0.2) is 11.6 Å². The molecular weight excluding hydrogens is 238 g/mol. The summed E-state index contributed by atoms with van der Waals surface area (Å²) in [4.78, 5) is 15.8. The number of carbonyl (C=O) groups excluding carboxylic acids is 1. The zero-order valence-electron chi connectivity index (χ0n) is 7.86. The van der Waals surface area contributed by atoms with Crippen molar-refractivity contribution in [1.29, 1.82) is 0 Å². The quantitative estimate of drug-likeness (QED) is 0.879. The number of nitrogens with one attached hydrogen (secondary N) is 1. The van der Waals surface area contributed by atoms with Gasteiger partial charge in [-0.05, 0) is 0 Å². The van der Waals surface area contributed by atoms with Crippen molar-refractivity contribution in [2.24, 2.45) is 0 Å². The molecule has 7 heteroatoms. The fourth-order valence-electron chi connectivity index (χ4n) is 1.14. The van der Waals surface area contributed by atoms with Crippen LogP contribution >= 0.6 is 22.9 Å². The molecule has 0 atom stereocenters. The van der Waals surface area contributed by atoms with Crippen LogP contribution in [-0.2, 0) is 11.3 Å². The summed E-state index contributed by atoms with van der Waals surface area (Å²) in [5, 5.41) is 4.61. The van der Waals surface area contributed by atoms with E-state index < -0.39 is 6.09 Å². The number of halogens is 1. The summed E-state index contributed by atoms with van der Waals surface area (Å²) in [6.45, 7) is 0.108. The highest BCUT2D eigenvalue weighted by molar-refractivity contribution is 7.15. The molecule has 0 fully saturated rings. The van der Waals surface area contributed by atoms with Gasteiger partial charge in [0.05, 0.1) is 5.69 Å².